The van der Waals surface area contributed by atoms with Gasteiger partial charge in [-0.05, 0) is 17.7 Å². The Morgan fingerprint density at radius 2 is 1.85 bits per heavy atom. The second-order valence-electron chi connectivity index (χ2n) is 4.96. The average Bonchev–Trinajstić information content (AvgIpc) is 2.64. The van der Waals surface area contributed by atoms with E-state index in [0.717, 1.165) is 0 Å². The first-order valence-corrected chi connectivity index (χ1v) is 8.08. The van der Waals surface area contributed by atoms with Crippen LogP contribution in [0.2, 0.25) is 5.02 Å². The molecule has 2 rings (SSSR count). The highest BCUT2D eigenvalue weighted by atomic mass is 35.5. The standard InChI is InChI=1S/C15H11Cl2F3N4O3/c16-5-11(25)23-24-14-21-6-10(12(22-14)15(18,19)20)13(26)27-7-8-1-3-9(17)4-2-8/h1-4,6H,5,7H2,(H,23,25)(H,21,22,24). The van der Waals surface area contributed by atoms with Crippen LogP contribution in [-0.4, -0.2) is 27.7 Å². The number of nitrogens with one attached hydrogen (secondary N) is 2. The molecule has 0 atom stereocenters. The van der Waals surface area contributed by atoms with Crippen molar-refractivity contribution in [3.63, 3.8) is 0 Å². The predicted molar refractivity (Wildman–Crippen MR) is 90.1 cm³/mol. The van der Waals surface area contributed by atoms with Gasteiger partial charge in [-0.2, -0.15) is 13.2 Å². The third-order valence-electron chi connectivity index (χ3n) is 3.00. The Morgan fingerprint density at radius 1 is 1.19 bits per heavy atom. The number of carbonyl (C=O) groups excluding carboxylic acids is 2. The molecule has 12 heteroatoms. The predicted octanol–water partition coefficient (Wildman–Crippen LogP) is 3.19. The summed E-state index contributed by atoms with van der Waals surface area (Å²) in [5.74, 6) is -2.96. The molecule has 0 unspecified atom stereocenters. The number of hydrazine groups is 1. The van der Waals surface area contributed by atoms with E-state index in [1.54, 1.807) is 24.3 Å². The fourth-order valence-electron chi connectivity index (χ4n) is 1.77. The van der Waals surface area contributed by atoms with Gasteiger partial charge in [0.15, 0.2) is 5.69 Å². The van der Waals surface area contributed by atoms with Gasteiger partial charge in [0.25, 0.3) is 5.91 Å². The van der Waals surface area contributed by atoms with Crippen molar-refractivity contribution < 1.29 is 27.5 Å². The van der Waals surface area contributed by atoms with Gasteiger partial charge in [0.2, 0.25) is 5.95 Å². The second kappa shape index (κ2) is 8.87. The highest BCUT2D eigenvalue weighted by Crippen LogP contribution is 2.31. The summed E-state index contributed by atoms with van der Waals surface area (Å²) in [5.41, 5.74) is 2.20. The first-order chi connectivity index (χ1) is 12.7. The van der Waals surface area contributed by atoms with Crippen molar-refractivity contribution in [1.82, 2.24) is 15.4 Å². The molecule has 0 saturated heterocycles. The first-order valence-electron chi connectivity index (χ1n) is 7.17. The average molecular weight is 423 g/mol. The van der Waals surface area contributed by atoms with Crippen LogP contribution in [0.3, 0.4) is 0 Å². The van der Waals surface area contributed by atoms with Gasteiger partial charge in [0.1, 0.15) is 18.1 Å². The van der Waals surface area contributed by atoms with Gasteiger partial charge >= 0.3 is 12.1 Å². The molecule has 27 heavy (non-hydrogen) atoms. The van der Waals surface area contributed by atoms with E-state index >= 15 is 0 Å². The van der Waals surface area contributed by atoms with Gasteiger partial charge < -0.3 is 4.74 Å². The van der Waals surface area contributed by atoms with E-state index in [2.05, 4.69) is 15.4 Å². The molecule has 0 fully saturated rings. The van der Waals surface area contributed by atoms with E-state index in [9.17, 15) is 22.8 Å². The van der Waals surface area contributed by atoms with Crippen LogP contribution in [0.15, 0.2) is 30.5 Å². The van der Waals surface area contributed by atoms with Crippen LogP contribution in [0.4, 0.5) is 19.1 Å². The summed E-state index contributed by atoms with van der Waals surface area (Å²) in [6.07, 6.45) is -4.31. The van der Waals surface area contributed by atoms with Crippen molar-refractivity contribution in [2.75, 3.05) is 11.3 Å². The van der Waals surface area contributed by atoms with Crippen LogP contribution in [0.5, 0.6) is 0 Å². The van der Waals surface area contributed by atoms with Crippen LogP contribution in [-0.2, 0) is 22.3 Å². The molecule has 0 bridgehead atoms. The molecule has 2 N–H and O–H groups in total. The number of aromatic nitrogens is 2. The molecule has 1 heterocycles. The highest BCUT2D eigenvalue weighted by Gasteiger charge is 2.38. The number of hydrogen-bond acceptors (Lipinski definition) is 6. The van der Waals surface area contributed by atoms with Crippen molar-refractivity contribution in [1.29, 1.82) is 0 Å². The third-order valence-corrected chi connectivity index (χ3v) is 3.49. The largest absolute Gasteiger partial charge is 0.457 e. The van der Waals surface area contributed by atoms with Gasteiger partial charge in [0, 0.05) is 11.2 Å². The summed E-state index contributed by atoms with van der Waals surface area (Å²) in [6.45, 7) is -0.265. The fourth-order valence-corrected chi connectivity index (χ4v) is 1.97. The molecule has 0 saturated carbocycles. The van der Waals surface area contributed by atoms with Crippen LogP contribution in [0, 0.1) is 0 Å². The van der Waals surface area contributed by atoms with Gasteiger partial charge in [0.05, 0.1) is 0 Å². The molecule has 7 nitrogen and oxygen atoms in total. The Kier molecular flexibility index (Phi) is 6.81. The molecule has 0 aliphatic carbocycles. The molecule has 1 amide bonds. The maximum absolute atomic E-state index is 13.2. The quantitative estimate of drug-likeness (QED) is 0.421. The van der Waals surface area contributed by atoms with E-state index in [1.165, 1.54) is 0 Å². The summed E-state index contributed by atoms with van der Waals surface area (Å²) < 4.78 is 44.5. The number of carbonyl (C=O) groups is 2. The van der Waals surface area contributed by atoms with Crippen molar-refractivity contribution >= 4 is 41.0 Å². The number of anilines is 1. The minimum Gasteiger partial charge on any atom is -0.457 e. The Labute approximate surface area is 160 Å². The number of alkyl halides is 4. The Balaban J connectivity index is 2.17. The SMILES string of the molecule is O=C(CCl)NNc1ncc(C(=O)OCc2ccc(Cl)cc2)c(C(F)(F)F)n1. The zero-order chi connectivity index (χ0) is 20.0. The molecule has 1 aromatic heterocycles. The van der Waals surface area contributed by atoms with Gasteiger partial charge in [-0.1, -0.05) is 23.7 Å². The molecule has 0 aliphatic heterocycles. The van der Waals surface area contributed by atoms with E-state index in [0.29, 0.717) is 16.8 Å². The van der Waals surface area contributed by atoms with Crippen molar-refractivity contribution in [3.8, 4) is 0 Å². The lowest BCUT2D eigenvalue weighted by Gasteiger charge is -2.13. The maximum Gasteiger partial charge on any atom is 0.434 e. The molecule has 0 aliphatic rings. The molecule has 2 aromatic rings. The molecule has 0 radical (unpaired) electrons. The molecule has 144 valence electrons. The third kappa shape index (κ3) is 5.97. The summed E-state index contributed by atoms with van der Waals surface area (Å²) in [6, 6.07) is 6.21. The Bertz CT molecular complexity index is 832. The van der Waals surface area contributed by atoms with Gasteiger partial charge in [-0.3, -0.25) is 15.6 Å². The summed E-state index contributed by atoms with van der Waals surface area (Å²) in [4.78, 5) is 29.8. The van der Waals surface area contributed by atoms with E-state index in [-0.39, 0.29) is 6.61 Å². The lowest BCUT2D eigenvalue weighted by molar-refractivity contribution is -0.141. The van der Waals surface area contributed by atoms with Gasteiger partial charge in [-0.15, -0.1) is 11.6 Å². The molecular formula is C15H11Cl2F3N4O3. The van der Waals surface area contributed by atoms with Crippen LogP contribution >= 0.6 is 23.2 Å². The number of ether oxygens (including phenoxy) is 1. The number of benzene rings is 1. The van der Waals surface area contributed by atoms with Crippen molar-refractivity contribution in [2.24, 2.45) is 0 Å². The zero-order valence-electron chi connectivity index (χ0n) is 13.3. The van der Waals surface area contributed by atoms with E-state index in [1.807, 2.05) is 5.43 Å². The van der Waals surface area contributed by atoms with Crippen LogP contribution in [0.25, 0.3) is 0 Å². The Morgan fingerprint density at radius 3 is 2.44 bits per heavy atom. The number of hydrogen-bond donors (Lipinski definition) is 2. The topological polar surface area (TPSA) is 93.2 Å². The molecule has 0 spiro atoms. The summed E-state index contributed by atoms with van der Waals surface area (Å²) >= 11 is 11.0. The normalized spacial score (nSPS) is 11.0. The number of amides is 1. The number of esters is 1. The van der Waals surface area contributed by atoms with E-state index in [4.69, 9.17) is 27.9 Å². The number of nitrogens with zero attached hydrogens (tertiary/aromatic N) is 2. The van der Waals surface area contributed by atoms with Crippen molar-refractivity contribution in [2.45, 2.75) is 12.8 Å². The molecular weight excluding hydrogens is 412 g/mol. The number of rotatable bonds is 6. The van der Waals surface area contributed by atoms with Crippen LogP contribution < -0.4 is 10.9 Å². The fraction of sp³-hybridized carbons (Fsp3) is 0.200. The van der Waals surface area contributed by atoms with E-state index < -0.39 is 41.1 Å². The summed E-state index contributed by atoms with van der Waals surface area (Å²) in [7, 11) is 0. The Hall–Kier alpha value is -2.59. The van der Waals surface area contributed by atoms with Crippen LogP contribution in [0.1, 0.15) is 21.6 Å². The zero-order valence-corrected chi connectivity index (χ0v) is 14.8. The second-order valence-corrected chi connectivity index (χ2v) is 5.67. The maximum atomic E-state index is 13.2. The number of halogens is 5. The summed E-state index contributed by atoms with van der Waals surface area (Å²) in [5, 5.41) is 0.460. The minimum atomic E-state index is -4.95. The minimum absolute atomic E-state index is 0.265. The first kappa shape index (κ1) is 20.7. The lowest BCUT2D eigenvalue weighted by atomic mass is 10.2. The highest BCUT2D eigenvalue weighted by molar-refractivity contribution is 6.30. The lowest BCUT2D eigenvalue weighted by Crippen LogP contribution is -2.32. The van der Waals surface area contributed by atoms with Crippen molar-refractivity contribution in [3.05, 3.63) is 52.3 Å². The van der Waals surface area contributed by atoms with Gasteiger partial charge in [-0.25, -0.2) is 14.8 Å². The smallest absolute Gasteiger partial charge is 0.434 e. The monoisotopic (exact) mass is 422 g/mol. The molecule has 1 aromatic carbocycles.